The van der Waals surface area contributed by atoms with Crippen molar-refractivity contribution in [3.05, 3.63) is 23.8 Å². The van der Waals surface area contributed by atoms with Gasteiger partial charge >= 0.3 is 5.97 Å². The van der Waals surface area contributed by atoms with E-state index in [-0.39, 0.29) is 0 Å². The van der Waals surface area contributed by atoms with Crippen molar-refractivity contribution in [2.75, 3.05) is 7.11 Å². The number of nitriles is 1. The van der Waals surface area contributed by atoms with E-state index in [0.29, 0.717) is 5.57 Å². The van der Waals surface area contributed by atoms with Gasteiger partial charge in [0.2, 0.25) is 0 Å². The number of ether oxygens (including phenoxy) is 1. The maximum Gasteiger partial charge on any atom is 0.315 e. The monoisotopic (exact) mass is 213 g/mol. The highest BCUT2D eigenvalue weighted by Gasteiger charge is 2.40. The summed E-state index contributed by atoms with van der Waals surface area (Å²) < 4.78 is 4.89. The average Bonchev–Trinajstić information content (AvgIpc) is 2.17. The topological polar surface area (TPSA) is 70.3 Å². The second kappa shape index (κ2) is 3.82. The van der Waals surface area contributed by atoms with Gasteiger partial charge in [0.15, 0.2) is 5.06 Å². The zero-order valence-corrected chi connectivity index (χ0v) is 8.15. The average molecular weight is 214 g/mol. The summed E-state index contributed by atoms with van der Waals surface area (Å²) in [5.41, 5.74) is 0.291. The molecule has 0 bridgehead atoms. The molecule has 0 heterocycles. The second-order valence-electron chi connectivity index (χ2n) is 2.79. The lowest BCUT2D eigenvalue weighted by Gasteiger charge is -2.28. The molecule has 2 atom stereocenters. The number of hydrogen-bond donors (Lipinski definition) is 1. The summed E-state index contributed by atoms with van der Waals surface area (Å²) in [6.45, 7) is 0. The molecule has 5 heteroatoms. The molecule has 1 N–H and O–H groups in total. The number of halogens is 1. The van der Waals surface area contributed by atoms with Crippen molar-refractivity contribution in [3.63, 3.8) is 0 Å². The summed E-state index contributed by atoms with van der Waals surface area (Å²) >= 11 is 5.91. The van der Waals surface area contributed by atoms with Gasteiger partial charge in [-0.3, -0.25) is 4.79 Å². The molecular weight excluding hydrogens is 206 g/mol. The molecule has 74 valence electrons. The molecule has 0 fully saturated rings. The zero-order chi connectivity index (χ0) is 10.8. The van der Waals surface area contributed by atoms with Crippen molar-refractivity contribution in [3.8, 4) is 6.07 Å². The van der Waals surface area contributed by atoms with Crippen LogP contribution >= 0.6 is 11.6 Å². The van der Waals surface area contributed by atoms with Crippen molar-refractivity contribution in [2.24, 2.45) is 5.92 Å². The lowest BCUT2D eigenvalue weighted by molar-refractivity contribution is -0.144. The fourth-order valence-electron chi connectivity index (χ4n) is 1.19. The first-order valence-electron chi connectivity index (χ1n) is 3.81. The first kappa shape index (κ1) is 10.8. The molecule has 0 radical (unpaired) electrons. The molecule has 0 aromatic rings. The largest absolute Gasteiger partial charge is 0.481 e. The fourth-order valence-corrected chi connectivity index (χ4v) is 1.47. The molecule has 14 heavy (non-hydrogen) atoms. The fraction of sp³-hybridized carbons (Fsp3) is 0.333. The third kappa shape index (κ3) is 1.79. The number of carbonyl (C=O) groups is 1. The summed E-state index contributed by atoms with van der Waals surface area (Å²) in [4.78, 5) is 10.8. The maximum atomic E-state index is 10.8. The van der Waals surface area contributed by atoms with Gasteiger partial charge in [-0.15, -0.1) is 0 Å². The molecule has 0 saturated heterocycles. The van der Waals surface area contributed by atoms with Crippen molar-refractivity contribution >= 4 is 17.6 Å². The number of hydrogen-bond acceptors (Lipinski definition) is 3. The quantitative estimate of drug-likeness (QED) is 0.702. The van der Waals surface area contributed by atoms with E-state index in [9.17, 15) is 4.79 Å². The molecular formula is C9H8ClNO3. The van der Waals surface area contributed by atoms with E-state index in [1.807, 2.05) is 6.07 Å². The maximum absolute atomic E-state index is 10.8. The third-order valence-electron chi connectivity index (χ3n) is 1.95. The van der Waals surface area contributed by atoms with Gasteiger partial charge in [-0.05, 0) is 12.2 Å². The Kier molecular flexibility index (Phi) is 2.94. The van der Waals surface area contributed by atoms with Crippen LogP contribution in [0.25, 0.3) is 0 Å². The highest BCUT2D eigenvalue weighted by molar-refractivity contribution is 6.26. The highest BCUT2D eigenvalue weighted by atomic mass is 35.5. The third-order valence-corrected chi connectivity index (χ3v) is 2.45. The molecule has 1 aliphatic carbocycles. The van der Waals surface area contributed by atoms with Crippen LogP contribution in [0.15, 0.2) is 23.8 Å². The Morgan fingerprint density at radius 3 is 2.93 bits per heavy atom. The van der Waals surface area contributed by atoms with Gasteiger partial charge < -0.3 is 9.84 Å². The minimum Gasteiger partial charge on any atom is -0.481 e. The summed E-state index contributed by atoms with van der Waals surface area (Å²) in [5, 5.41) is 16.0. The van der Waals surface area contributed by atoms with Crippen molar-refractivity contribution in [1.29, 1.82) is 5.26 Å². The number of methoxy groups -OCH3 is 1. The van der Waals surface area contributed by atoms with Crippen LogP contribution in [0.1, 0.15) is 0 Å². The molecule has 2 unspecified atom stereocenters. The molecule has 0 aromatic heterocycles. The SMILES string of the molecule is COC1(Cl)C=C(C#N)C=CC1C(=O)O. The van der Waals surface area contributed by atoms with E-state index in [0.717, 1.165) is 0 Å². The molecule has 0 amide bonds. The first-order chi connectivity index (χ1) is 6.53. The number of carboxylic acids is 1. The van der Waals surface area contributed by atoms with E-state index in [1.165, 1.54) is 25.3 Å². The van der Waals surface area contributed by atoms with Gasteiger partial charge in [-0.25, -0.2) is 0 Å². The highest BCUT2D eigenvalue weighted by Crippen LogP contribution is 2.34. The number of alkyl halides is 1. The normalized spacial score (nSPS) is 30.6. The summed E-state index contributed by atoms with van der Waals surface area (Å²) in [7, 11) is 1.30. The minimum atomic E-state index is -1.47. The smallest absolute Gasteiger partial charge is 0.315 e. The standard InChI is InChI=1S/C9H8ClNO3/c1-14-9(10)4-6(5-11)2-3-7(9)8(12)13/h2-4,7H,1H3,(H,12,13). The number of rotatable bonds is 2. The van der Waals surface area contributed by atoms with Gasteiger partial charge in [0, 0.05) is 7.11 Å². The molecule has 4 nitrogen and oxygen atoms in total. The van der Waals surface area contributed by atoms with Crippen LogP contribution in [-0.4, -0.2) is 23.2 Å². The van der Waals surface area contributed by atoms with Crippen molar-refractivity contribution in [2.45, 2.75) is 5.06 Å². The van der Waals surface area contributed by atoms with E-state index in [4.69, 9.17) is 26.7 Å². The second-order valence-corrected chi connectivity index (χ2v) is 3.38. The Hall–Kier alpha value is -1.31. The molecule has 1 rings (SSSR count). The van der Waals surface area contributed by atoms with E-state index >= 15 is 0 Å². The van der Waals surface area contributed by atoms with E-state index in [2.05, 4.69) is 0 Å². The Balaban J connectivity index is 3.08. The van der Waals surface area contributed by atoms with Gasteiger partial charge in [0.1, 0.15) is 5.92 Å². The van der Waals surface area contributed by atoms with Crippen LogP contribution in [-0.2, 0) is 9.53 Å². The lowest BCUT2D eigenvalue weighted by atomic mass is 9.93. The van der Waals surface area contributed by atoms with E-state index in [1.54, 1.807) is 0 Å². The van der Waals surface area contributed by atoms with Crippen molar-refractivity contribution < 1.29 is 14.6 Å². The Bertz CT molecular complexity index is 356. The molecule has 0 spiro atoms. The lowest BCUT2D eigenvalue weighted by Crippen LogP contribution is -2.38. The summed E-state index contributed by atoms with van der Waals surface area (Å²) in [5.74, 6) is -2.07. The summed E-state index contributed by atoms with van der Waals surface area (Å²) in [6, 6.07) is 1.87. The summed E-state index contributed by atoms with van der Waals surface area (Å²) in [6.07, 6.45) is 4.06. The number of aliphatic carboxylic acids is 1. The van der Waals surface area contributed by atoms with Gasteiger partial charge in [0.05, 0.1) is 11.6 Å². The number of nitrogens with zero attached hydrogens (tertiary/aromatic N) is 1. The molecule has 0 aliphatic heterocycles. The van der Waals surface area contributed by atoms with Crippen LogP contribution in [0.4, 0.5) is 0 Å². The van der Waals surface area contributed by atoms with Gasteiger partial charge in [-0.1, -0.05) is 17.7 Å². The zero-order valence-electron chi connectivity index (χ0n) is 7.40. The Labute approximate surface area is 86.0 Å². The minimum absolute atomic E-state index is 0.291. The van der Waals surface area contributed by atoms with Crippen LogP contribution < -0.4 is 0 Å². The number of carboxylic acid groups (broad SMARTS) is 1. The molecule has 1 aliphatic rings. The van der Waals surface area contributed by atoms with Crippen LogP contribution in [0.5, 0.6) is 0 Å². The van der Waals surface area contributed by atoms with Gasteiger partial charge in [-0.2, -0.15) is 5.26 Å². The Morgan fingerprint density at radius 1 is 1.86 bits per heavy atom. The van der Waals surface area contributed by atoms with Crippen LogP contribution in [0.2, 0.25) is 0 Å². The van der Waals surface area contributed by atoms with E-state index < -0.39 is 16.9 Å². The Morgan fingerprint density at radius 2 is 2.50 bits per heavy atom. The molecule has 0 aromatic carbocycles. The van der Waals surface area contributed by atoms with Crippen LogP contribution in [0, 0.1) is 17.2 Å². The molecule has 0 saturated carbocycles. The number of allylic oxidation sites excluding steroid dienone is 2. The predicted octanol–water partition coefficient (Wildman–Crippen LogP) is 1.29. The predicted molar refractivity (Wildman–Crippen MR) is 49.6 cm³/mol. The van der Waals surface area contributed by atoms with Gasteiger partial charge in [0.25, 0.3) is 0 Å². The first-order valence-corrected chi connectivity index (χ1v) is 4.19. The van der Waals surface area contributed by atoms with Crippen LogP contribution in [0.3, 0.4) is 0 Å². The van der Waals surface area contributed by atoms with Crippen molar-refractivity contribution in [1.82, 2.24) is 0 Å².